The molecule has 4 nitrogen and oxygen atoms in total. The molecule has 50 heavy (non-hydrogen) atoms. The standard InChI is InChI=1S/C46H40N2O2/c1-33-5-13-37(14-6-33)47(41-21-29-45(30-22-41)49-43-25-9-35(3)10-26-43)39-17-19-40(20-18-39)48(38-15-7-34(2)8-16-38)42-23-31-46(32-24-42)50-44-27-11-36(4)12-28-44/h5-32H,1-4H3. The van der Waals surface area contributed by atoms with Gasteiger partial charge in [0.15, 0.2) is 0 Å². The lowest BCUT2D eigenvalue weighted by Gasteiger charge is -2.28. The molecule has 4 heteroatoms. The molecule has 0 saturated carbocycles. The average molecular weight is 653 g/mol. The highest BCUT2D eigenvalue weighted by Crippen LogP contribution is 2.40. The first-order chi connectivity index (χ1) is 24.4. The molecule has 0 heterocycles. The molecule has 0 spiro atoms. The van der Waals surface area contributed by atoms with Gasteiger partial charge in [-0.2, -0.15) is 0 Å². The smallest absolute Gasteiger partial charge is 0.127 e. The Morgan fingerprint density at radius 3 is 0.640 bits per heavy atom. The Morgan fingerprint density at radius 1 is 0.240 bits per heavy atom. The molecule has 7 aromatic rings. The minimum Gasteiger partial charge on any atom is -0.457 e. The van der Waals surface area contributed by atoms with Gasteiger partial charge >= 0.3 is 0 Å². The van der Waals surface area contributed by atoms with Crippen LogP contribution in [0.15, 0.2) is 170 Å². The number of aryl methyl sites for hydroxylation is 4. The second kappa shape index (κ2) is 14.5. The van der Waals surface area contributed by atoms with E-state index >= 15 is 0 Å². The first-order valence-corrected chi connectivity index (χ1v) is 16.9. The van der Waals surface area contributed by atoms with Crippen molar-refractivity contribution < 1.29 is 9.47 Å². The van der Waals surface area contributed by atoms with Crippen molar-refractivity contribution in [1.82, 2.24) is 0 Å². The summed E-state index contributed by atoms with van der Waals surface area (Å²) in [4.78, 5) is 4.54. The maximum Gasteiger partial charge on any atom is 0.127 e. The van der Waals surface area contributed by atoms with E-state index in [2.05, 4.69) is 159 Å². The summed E-state index contributed by atoms with van der Waals surface area (Å²) in [5.41, 5.74) is 11.2. The summed E-state index contributed by atoms with van der Waals surface area (Å²) >= 11 is 0. The van der Waals surface area contributed by atoms with Crippen LogP contribution in [0.25, 0.3) is 0 Å². The molecular weight excluding hydrogens is 613 g/mol. The van der Waals surface area contributed by atoms with Crippen LogP contribution < -0.4 is 19.3 Å². The predicted molar refractivity (Wildman–Crippen MR) is 208 cm³/mol. The zero-order valence-electron chi connectivity index (χ0n) is 28.9. The third-order valence-electron chi connectivity index (χ3n) is 8.65. The average Bonchev–Trinajstić information content (AvgIpc) is 3.14. The predicted octanol–water partition coefficient (Wildman–Crippen LogP) is 13.4. The maximum atomic E-state index is 6.14. The van der Waals surface area contributed by atoms with Crippen LogP contribution in [0, 0.1) is 27.7 Å². The van der Waals surface area contributed by atoms with Crippen LogP contribution in [0.5, 0.6) is 23.0 Å². The molecule has 0 N–H and O–H groups in total. The fourth-order valence-electron chi connectivity index (χ4n) is 5.84. The molecule has 0 aliphatic heterocycles. The van der Waals surface area contributed by atoms with Gasteiger partial charge in [0.05, 0.1) is 0 Å². The zero-order chi connectivity index (χ0) is 34.5. The lowest BCUT2D eigenvalue weighted by atomic mass is 10.1. The van der Waals surface area contributed by atoms with Gasteiger partial charge in [0.25, 0.3) is 0 Å². The molecule has 0 amide bonds. The summed E-state index contributed by atoms with van der Waals surface area (Å²) in [6.07, 6.45) is 0. The van der Waals surface area contributed by atoms with E-state index in [0.717, 1.165) is 57.1 Å². The van der Waals surface area contributed by atoms with Crippen LogP contribution in [0.3, 0.4) is 0 Å². The summed E-state index contributed by atoms with van der Waals surface area (Å²) in [5, 5.41) is 0. The molecule has 0 bridgehead atoms. The van der Waals surface area contributed by atoms with Crippen molar-refractivity contribution in [3.8, 4) is 23.0 Å². The van der Waals surface area contributed by atoms with Gasteiger partial charge in [0.1, 0.15) is 23.0 Å². The first-order valence-electron chi connectivity index (χ1n) is 16.9. The number of benzene rings is 7. The monoisotopic (exact) mass is 652 g/mol. The lowest BCUT2D eigenvalue weighted by molar-refractivity contribution is 0.482. The third kappa shape index (κ3) is 7.56. The van der Waals surface area contributed by atoms with Crippen LogP contribution in [0.1, 0.15) is 22.3 Å². The maximum absolute atomic E-state index is 6.14. The van der Waals surface area contributed by atoms with Gasteiger partial charge in [-0.05, 0) is 149 Å². The van der Waals surface area contributed by atoms with E-state index in [0.29, 0.717) is 0 Å². The highest BCUT2D eigenvalue weighted by Gasteiger charge is 2.17. The number of anilines is 6. The second-order valence-electron chi connectivity index (χ2n) is 12.7. The van der Waals surface area contributed by atoms with Gasteiger partial charge in [0.2, 0.25) is 0 Å². The quantitative estimate of drug-likeness (QED) is 0.147. The Bertz CT molecular complexity index is 1980. The van der Waals surface area contributed by atoms with E-state index in [4.69, 9.17) is 9.47 Å². The van der Waals surface area contributed by atoms with E-state index in [1.807, 2.05) is 48.5 Å². The Hall–Kier alpha value is -6.26. The fraction of sp³-hybridized carbons (Fsp3) is 0.0870. The van der Waals surface area contributed by atoms with Crippen LogP contribution in [0.2, 0.25) is 0 Å². The minimum atomic E-state index is 0.792. The number of nitrogens with zero attached hydrogens (tertiary/aromatic N) is 2. The van der Waals surface area contributed by atoms with Gasteiger partial charge in [-0.25, -0.2) is 0 Å². The molecule has 7 aromatic carbocycles. The molecule has 0 unspecified atom stereocenters. The molecule has 0 aromatic heterocycles. The van der Waals surface area contributed by atoms with E-state index in [1.54, 1.807) is 0 Å². The minimum absolute atomic E-state index is 0.792. The van der Waals surface area contributed by atoms with Gasteiger partial charge in [0, 0.05) is 34.1 Å². The van der Waals surface area contributed by atoms with Crippen molar-refractivity contribution in [1.29, 1.82) is 0 Å². The SMILES string of the molecule is Cc1ccc(Oc2ccc(N(c3ccc(C)cc3)c3ccc(N(c4ccc(C)cc4)c4ccc(Oc5ccc(C)cc5)cc4)cc3)cc2)cc1. The molecule has 0 radical (unpaired) electrons. The van der Waals surface area contributed by atoms with E-state index in [1.165, 1.54) is 22.3 Å². The molecule has 0 aliphatic carbocycles. The van der Waals surface area contributed by atoms with Gasteiger partial charge in [-0.1, -0.05) is 70.8 Å². The summed E-state index contributed by atoms with van der Waals surface area (Å²) < 4.78 is 12.3. The second-order valence-corrected chi connectivity index (χ2v) is 12.7. The fourth-order valence-corrected chi connectivity index (χ4v) is 5.84. The van der Waals surface area contributed by atoms with Gasteiger partial charge < -0.3 is 19.3 Å². The highest BCUT2D eigenvalue weighted by atomic mass is 16.5. The van der Waals surface area contributed by atoms with Crippen LogP contribution >= 0.6 is 0 Å². The van der Waals surface area contributed by atoms with Gasteiger partial charge in [-0.3, -0.25) is 0 Å². The molecule has 0 saturated heterocycles. The lowest BCUT2D eigenvalue weighted by Crippen LogP contribution is -2.12. The molecule has 246 valence electrons. The summed E-state index contributed by atoms with van der Waals surface area (Å²) in [7, 11) is 0. The van der Waals surface area contributed by atoms with Crippen molar-refractivity contribution in [2.75, 3.05) is 9.80 Å². The van der Waals surface area contributed by atoms with E-state index in [-0.39, 0.29) is 0 Å². The molecule has 7 rings (SSSR count). The zero-order valence-corrected chi connectivity index (χ0v) is 28.9. The van der Waals surface area contributed by atoms with Crippen molar-refractivity contribution in [2.45, 2.75) is 27.7 Å². The van der Waals surface area contributed by atoms with E-state index < -0.39 is 0 Å². The third-order valence-corrected chi connectivity index (χ3v) is 8.65. The van der Waals surface area contributed by atoms with Crippen LogP contribution in [-0.2, 0) is 0 Å². The highest BCUT2D eigenvalue weighted by molar-refractivity contribution is 5.81. The van der Waals surface area contributed by atoms with Crippen LogP contribution in [0.4, 0.5) is 34.1 Å². The number of hydrogen-bond donors (Lipinski definition) is 0. The van der Waals surface area contributed by atoms with Crippen LogP contribution in [-0.4, -0.2) is 0 Å². The number of ether oxygens (including phenoxy) is 2. The molecule has 0 atom stereocenters. The van der Waals surface area contributed by atoms with Crippen molar-refractivity contribution in [2.24, 2.45) is 0 Å². The largest absolute Gasteiger partial charge is 0.457 e. The Labute approximate surface area is 295 Å². The number of rotatable bonds is 10. The molecular formula is C46H40N2O2. The first kappa shape index (κ1) is 32.3. The molecule has 0 aliphatic rings. The summed E-state index contributed by atoms with van der Waals surface area (Å²) in [6, 6.07) is 58.7. The van der Waals surface area contributed by atoms with Crippen molar-refractivity contribution in [3.63, 3.8) is 0 Å². The number of hydrogen-bond acceptors (Lipinski definition) is 4. The van der Waals surface area contributed by atoms with Crippen molar-refractivity contribution in [3.05, 3.63) is 192 Å². The summed E-state index contributed by atoms with van der Waals surface area (Å²) in [5.74, 6) is 3.23. The summed E-state index contributed by atoms with van der Waals surface area (Å²) in [6.45, 7) is 8.37. The topological polar surface area (TPSA) is 24.9 Å². The Balaban J connectivity index is 1.20. The Kier molecular flexibility index (Phi) is 9.35. The molecule has 0 fully saturated rings. The Morgan fingerprint density at radius 2 is 0.400 bits per heavy atom. The normalized spacial score (nSPS) is 10.8. The van der Waals surface area contributed by atoms with Gasteiger partial charge in [-0.15, -0.1) is 0 Å². The van der Waals surface area contributed by atoms with Crippen molar-refractivity contribution >= 4 is 34.1 Å². The van der Waals surface area contributed by atoms with E-state index in [9.17, 15) is 0 Å².